The molecule has 5 nitrogen and oxygen atoms in total. The van der Waals surface area contributed by atoms with E-state index in [2.05, 4.69) is 0 Å². The summed E-state index contributed by atoms with van der Waals surface area (Å²) in [5, 5.41) is 19.5. The normalized spacial score (nSPS) is 10.6. The molecule has 0 amide bonds. The van der Waals surface area contributed by atoms with Gasteiger partial charge in [-0.05, 0) is 11.6 Å². The number of rotatable bonds is 4. The zero-order valence-electron chi connectivity index (χ0n) is 9.41. The highest BCUT2D eigenvalue weighted by Gasteiger charge is 2.17. The molecule has 0 aliphatic heterocycles. The highest BCUT2D eigenvalue weighted by molar-refractivity contribution is 5.37. The molecule has 1 heterocycles. The number of aliphatic hydroxyl groups excluding tert-OH is 1. The van der Waals surface area contributed by atoms with Crippen LogP contribution in [0.2, 0.25) is 0 Å². The van der Waals surface area contributed by atoms with Crippen molar-refractivity contribution in [1.82, 2.24) is 4.57 Å². The summed E-state index contributed by atoms with van der Waals surface area (Å²) in [6.45, 7) is 0.0952. The highest BCUT2D eigenvalue weighted by atomic mass is 19.1. The van der Waals surface area contributed by atoms with Gasteiger partial charge in [0.2, 0.25) is 5.82 Å². The third-order valence-corrected chi connectivity index (χ3v) is 2.60. The van der Waals surface area contributed by atoms with Crippen molar-refractivity contribution in [3.8, 4) is 0 Å². The van der Waals surface area contributed by atoms with Gasteiger partial charge in [0.05, 0.1) is 18.1 Å². The van der Waals surface area contributed by atoms with Crippen LogP contribution in [0.15, 0.2) is 36.7 Å². The van der Waals surface area contributed by atoms with Crippen molar-refractivity contribution in [2.45, 2.75) is 13.2 Å². The van der Waals surface area contributed by atoms with Gasteiger partial charge >= 0.3 is 5.69 Å². The van der Waals surface area contributed by atoms with Crippen molar-refractivity contribution in [3.05, 3.63) is 63.7 Å². The average molecular weight is 250 g/mol. The largest absolute Gasteiger partial charge is 0.392 e. The third kappa shape index (κ3) is 2.38. The van der Waals surface area contributed by atoms with Gasteiger partial charge in [0, 0.05) is 24.0 Å². The molecule has 6 heteroatoms. The Balaban J connectivity index is 2.29. The first kappa shape index (κ1) is 12.3. The van der Waals surface area contributed by atoms with E-state index in [0.29, 0.717) is 5.56 Å². The van der Waals surface area contributed by atoms with Crippen LogP contribution >= 0.6 is 0 Å². The summed E-state index contributed by atoms with van der Waals surface area (Å²) < 4.78 is 15.5. The maximum absolute atomic E-state index is 13.8. The predicted molar refractivity (Wildman–Crippen MR) is 62.5 cm³/mol. The second kappa shape index (κ2) is 4.97. The van der Waals surface area contributed by atoms with E-state index < -0.39 is 16.4 Å². The summed E-state index contributed by atoms with van der Waals surface area (Å²) in [4.78, 5) is 9.86. The quantitative estimate of drug-likeness (QED) is 0.667. The lowest BCUT2D eigenvalue weighted by molar-refractivity contribution is -0.387. The Hall–Kier alpha value is -2.21. The van der Waals surface area contributed by atoms with Crippen LogP contribution in [0.5, 0.6) is 0 Å². The Bertz CT molecular complexity index is 580. The zero-order chi connectivity index (χ0) is 13.1. The van der Waals surface area contributed by atoms with Gasteiger partial charge < -0.3 is 9.67 Å². The molecular weight excluding hydrogens is 239 g/mol. The summed E-state index contributed by atoms with van der Waals surface area (Å²) in [7, 11) is 0. The van der Waals surface area contributed by atoms with Crippen LogP contribution in [0, 0.1) is 15.9 Å². The Morgan fingerprint density at radius 2 is 2.17 bits per heavy atom. The number of aliphatic hydroxyl groups is 1. The number of nitro groups is 1. The third-order valence-electron chi connectivity index (χ3n) is 2.60. The van der Waals surface area contributed by atoms with E-state index in [-0.39, 0.29) is 18.7 Å². The van der Waals surface area contributed by atoms with Crippen molar-refractivity contribution in [3.63, 3.8) is 0 Å². The topological polar surface area (TPSA) is 68.3 Å². The van der Waals surface area contributed by atoms with Crippen LogP contribution in [0.4, 0.5) is 10.1 Å². The van der Waals surface area contributed by atoms with Crippen LogP contribution in [-0.2, 0) is 13.2 Å². The number of aromatic nitrogens is 1. The maximum atomic E-state index is 13.8. The van der Waals surface area contributed by atoms with Gasteiger partial charge in [0.25, 0.3) is 0 Å². The highest BCUT2D eigenvalue weighted by Crippen LogP contribution is 2.21. The Kier molecular flexibility index (Phi) is 3.38. The minimum absolute atomic E-state index is 0.0928. The van der Waals surface area contributed by atoms with E-state index in [0.717, 1.165) is 6.07 Å². The maximum Gasteiger partial charge on any atom is 0.305 e. The fraction of sp³-hybridized carbons (Fsp3) is 0.167. The molecule has 1 N–H and O–H groups in total. The molecule has 0 saturated carbocycles. The minimum Gasteiger partial charge on any atom is -0.392 e. The van der Waals surface area contributed by atoms with Crippen molar-refractivity contribution in [2.24, 2.45) is 0 Å². The van der Waals surface area contributed by atoms with Crippen molar-refractivity contribution in [2.75, 3.05) is 0 Å². The van der Waals surface area contributed by atoms with Crippen LogP contribution in [0.3, 0.4) is 0 Å². The number of benzene rings is 1. The van der Waals surface area contributed by atoms with E-state index in [1.54, 1.807) is 23.0 Å². The molecule has 0 unspecified atom stereocenters. The van der Waals surface area contributed by atoms with Crippen molar-refractivity contribution >= 4 is 5.69 Å². The molecule has 0 bridgehead atoms. The number of hydrogen-bond donors (Lipinski definition) is 1. The lowest BCUT2D eigenvalue weighted by Gasteiger charge is -2.04. The standard InChI is InChI=1S/C12H11FN2O3/c13-12-10(2-1-3-11(12)15(17)18)7-14-5-4-9(6-14)8-16/h1-6,16H,7-8H2. The molecule has 0 fully saturated rings. The van der Waals surface area contributed by atoms with Gasteiger partial charge in [-0.3, -0.25) is 10.1 Å². The number of nitro benzene ring substituents is 1. The van der Waals surface area contributed by atoms with Gasteiger partial charge in [-0.15, -0.1) is 0 Å². The van der Waals surface area contributed by atoms with Gasteiger partial charge in [0.1, 0.15) is 0 Å². The molecule has 2 aromatic rings. The van der Waals surface area contributed by atoms with Gasteiger partial charge in [-0.25, -0.2) is 0 Å². The molecule has 1 aromatic carbocycles. The SMILES string of the molecule is O=[N+]([O-])c1cccc(Cn2ccc(CO)c2)c1F. The molecule has 18 heavy (non-hydrogen) atoms. The van der Waals surface area contributed by atoms with E-state index >= 15 is 0 Å². The molecule has 94 valence electrons. The van der Waals surface area contributed by atoms with Crippen molar-refractivity contribution in [1.29, 1.82) is 0 Å². The van der Waals surface area contributed by atoms with Crippen LogP contribution in [0.1, 0.15) is 11.1 Å². The summed E-state index contributed by atoms with van der Waals surface area (Å²) in [5.41, 5.74) is 0.423. The monoisotopic (exact) mass is 250 g/mol. The van der Waals surface area contributed by atoms with Crippen LogP contribution in [-0.4, -0.2) is 14.6 Å². The summed E-state index contributed by atoms with van der Waals surface area (Å²) in [6, 6.07) is 5.79. The van der Waals surface area contributed by atoms with Crippen molar-refractivity contribution < 1.29 is 14.4 Å². The molecular formula is C12H11FN2O3. The lowest BCUT2D eigenvalue weighted by Crippen LogP contribution is -2.02. The molecule has 0 spiro atoms. The van der Waals surface area contributed by atoms with Gasteiger partial charge in [0.15, 0.2) is 0 Å². The molecule has 0 radical (unpaired) electrons. The minimum atomic E-state index is -0.818. The molecule has 0 aliphatic rings. The van der Waals surface area contributed by atoms with Crippen LogP contribution in [0.25, 0.3) is 0 Å². The molecule has 2 rings (SSSR count). The van der Waals surface area contributed by atoms with Gasteiger partial charge in [-0.1, -0.05) is 12.1 Å². The Labute approximate surface area is 102 Å². The fourth-order valence-electron chi connectivity index (χ4n) is 1.71. The second-order valence-corrected chi connectivity index (χ2v) is 3.86. The summed E-state index contributed by atoms with van der Waals surface area (Å²) in [6.07, 6.45) is 3.35. The molecule has 0 saturated heterocycles. The number of halogens is 1. The molecule has 0 aliphatic carbocycles. The van der Waals surface area contributed by atoms with Gasteiger partial charge in [-0.2, -0.15) is 4.39 Å². The molecule has 0 atom stereocenters. The second-order valence-electron chi connectivity index (χ2n) is 3.86. The Morgan fingerprint density at radius 3 is 2.78 bits per heavy atom. The lowest BCUT2D eigenvalue weighted by atomic mass is 10.2. The van der Waals surface area contributed by atoms with E-state index in [1.807, 2.05) is 0 Å². The van der Waals surface area contributed by atoms with Crippen LogP contribution < -0.4 is 0 Å². The first-order chi connectivity index (χ1) is 8.61. The number of nitrogens with zero attached hydrogens (tertiary/aromatic N) is 2. The zero-order valence-corrected chi connectivity index (χ0v) is 9.41. The first-order valence-electron chi connectivity index (χ1n) is 5.29. The first-order valence-corrected chi connectivity index (χ1v) is 5.29. The average Bonchev–Trinajstić information content (AvgIpc) is 2.79. The van der Waals surface area contributed by atoms with E-state index in [9.17, 15) is 14.5 Å². The van der Waals surface area contributed by atoms with E-state index in [1.165, 1.54) is 12.1 Å². The summed E-state index contributed by atoms with van der Waals surface area (Å²) >= 11 is 0. The fourth-order valence-corrected chi connectivity index (χ4v) is 1.71. The Morgan fingerprint density at radius 1 is 1.39 bits per heavy atom. The number of hydrogen-bond acceptors (Lipinski definition) is 3. The smallest absolute Gasteiger partial charge is 0.305 e. The molecule has 1 aromatic heterocycles. The van der Waals surface area contributed by atoms with E-state index in [4.69, 9.17) is 5.11 Å². The predicted octanol–water partition coefficient (Wildman–Crippen LogP) is 2.08. The summed E-state index contributed by atoms with van der Waals surface area (Å²) in [5.74, 6) is -0.818.